The maximum Gasteiger partial charge on any atom is 0.240 e. The number of aliphatic imine (C=N–C) groups is 1. The maximum absolute atomic E-state index is 12.3. The van der Waals surface area contributed by atoms with Crippen molar-refractivity contribution in [3.63, 3.8) is 0 Å². The summed E-state index contributed by atoms with van der Waals surface area (Å²) in [4.78, 5) is 4.58. The molecule has 4 N–H and O–H groups in total. The third-order valence-electron chi connectivity index (χ3n) is 3.98. The van der Waals surface area contributed by atoms with E-state index in [2.05, 4.69) is 20.3 Å². The van der Waals surface area contributed by atoms with Gasteiger partial charge >= 0.3 is 0 Å². The molecule has 0 aliphatic heterocycles. The van der Waals surface area contributed by atoms with Crippen molar-refractivity contribution in [3.8, 4) is 0 Å². The van der Waals surface area contributed by atoms with Gasteiger partial charge in [0, 0.05) is 19.6 Å². The molecule has 1 aromatic heterocycles. The number of hydrogen-bond donors (Lipinski definition) is 4. The monoisotopic (exact) mass is 408 g/mol. The van der Waals surface area contributed by atoms with Crippen molar-refractivity contribution in [1.82, 2.24) is 15.4 Å². The molecule has 1 aromatic carbocycles. The summed E-state index contributed by atoms with van der Waals surface area (Å²) in [6.45, 7) is 6.68. The van der Waals surface area contributed by atoms with Gasteiger partial charge in [-0.1, -0.05) is 17.7 Å². The number of aliphatic hydroxyl groups is 1. The minimum absolute atomic E-state index is 0.0882. The van der Waals surface area contributed by atoms with Crippen molar-refractivity contribution in [2.24, 2.45) is 4.99 Å². The smallest absolute Gasteiger partial charge is 0.240 e. The molecular formula is C19H28N4O4S. The van der Waals surface area contributed by atoms with E-state index in [-0.39, 0.29) is 18.0 Å². The summed E-state index contributed by atoms with van der Waals surface area (Å²) in [7, 11) is -3.56. The molecule has 2 rings (SSSR count). The molecule has 28 heavy (non-hydrogen) atoms. The minimum Gasteiger partial charge on any atom is -0.466 e. The average Bonchev–Trinajstić information content (AvgIpc) is 3.19. The lowest BCUT2D eigenvalue weighted by atomic mass is 10.0. The van der Waals surface area contributed by atoms with Crippen molar-refractivity contribution in [2.45, 2.75) is 31.3 Å². The van der Waals surface area contributed by atoms with Crippen LogP contribution in [0.25, 0.3) is 0 Å². The zero-order valence-electron chi connectivity index (χ0n) is 16.4. The van der Waals surface area contributed by atoms with Crippen LogP contribution in [-0.4, -0.2) is 45.7 Å². The molecule has 0 saturated carbocycles. The lowest BCUT2D eigenvalue weighted by molar-refractivity contribution is 0.0437. The zero-order valence-corrected chi connectivity index (χ0v) is 17.2. The van der Waals surface area contributed by atoms with Gasteiger partial charge < -0.3 is 20.2 Å². The Balaban J connectivity index is 1.88. The second-order valence-corrected chi connectivity index (χ2v) is 8.35. The van der Waals surface area contributed by atoms with E-state index in [9.17, 15) is 13.5 Å². The third-order valence-corrected chi connectivity index (χ3v) is 5.46. The molecule has 0 aliphatic rings. The Hall–Kier alpha value is -2.36. The van der Waals surface area contributed by atoms with E-state index in [1.165, 1.54) is 6.26 Å². The zero-order chi connectivity index (χ0) is 20.6. The highest BCUT2D eigenvalue weighted by Gasteiger charge is 2.26. The average molecular weight is 409 g/mol. The third kappa shape index (κ3) is 6.36. The number of hydrogen-bond acceptors (Lipinski definition) is 5. The molecule has 0 spiro atoms. The van der Waals surface area contributed by atoms with Crippen LogP contribution in [-0.2, 0) is 15.6 Å². The van der Waals surface area contributed by atoms with Gasteiger partial charge in [-0.2, -0.15) is 0 Å². The van der Waals surface area contributed by atoms with Crippen LogP contribution in [0, 0.1) is 6.92 Å². The van der Waals surface area contributed by atoms with E-state index >= 15 is 0 Å². The summed E-state index contributed by atoms with van der Waals surface area (Å²) < 4.78 is 32.3. The fraction of sp³-hybridized carbons (Fsp3) is 0.421. The van der Waals surface area contributed by atoms with Crippen LogP contribution in [0.1, 0.15) is 25.2 Å². The Morgan fingerprint density at radius 1 is 1.18 bits per heavy atom. The van der Waals surface area contributed by atoms with E-state index in [0.29, 0.717) is 24.8 Å². The van der Waals surface area contributed by atoms with Gasteiger partial charge in [0.25, 0.3) is 0 Å². The molecular weight excluding hydrogens is 380 g/mol. The van der Waals surface area contributed by atoms with Gasteiger partial charge in [-0.25, -0.2) is 18.1 Å². The van der Waals surface area contributed by atoms with E-state index < -0.39 is 15.6 Å². The normalized spacial score (nSPS) is 14.5. The summed E-state index contributed by atoms with van der Waals surface area (Å²) in [6.07, 6.45) is 1.50. The molecule has 0 amide bonds. The lowest BCUT2D eigenvalue weighted by Gasteiger charge is -2.19. The van der Waals surface area contributed by atoms with Crippen molar-refractivity contribution in [3.05, 3.63) is 54.0 Å². The summed E-state index contributed by atoms with van der Waals surface area (Å²) in [5.41, 5.74) is -0.239. The number of nitrogens with zero attached hydrogens (tertiary/aromatic N) is 1. The second kappa shape index (κ2) is 9.72. The van der Waals surface area contributed by atoms with Gasteiger partial charge in [0.2, 0.25) is 10.0 Å². The molecule has 9 heteroatoms. The molecule has 1 unspecified atom stereocenters. The van der Waals surface area contributed by atoms with Crippen LogP contribution in [0.15, 0.2) is 57.0 Å². The Morgan fingerprint density at radius 2 is 1.89 bits per heavy atom. The Bertz CT molecular complexity index is 860. The molecule has 1 atom stereocenters. The first-order chi connectivity index (χ1) is 13.2. The van der Waals surface area contributed by atoms with E-state index in [1.807, 2.05) is 13.8 Å². The van der Waals surface area contributed by atoms with Crippen LogP contribution in [0.2, 0.25) is 0 Å². The number of furan rings is 1. The summed E-state index contributed by atoms with van der Waals surface area (Å²) in [5, 5.41) is 16.6. The van der Waals surface area contributed by atoms with Crippen LogP contribution in [0.5, 0.6) is 0 Å². The minimum atomic E-state index is -3.56. The van der Waals surface area contributed by atoms with Crippen molar-refractivity contribution >= 4 is 16.0 Å². The predicted molar refractivity (Wildman–Crippen MR) is 109 cm³/mol. The predicted octanol–water partition coefficient (Wildman–Crippen LogP) is 1.33. The number of aryl methyl sites for hydroxylation is 1. The fourth-order valence-corrected chi connectivity index (χ4v) is 3.44. The van der Waals surface area contributed by atoms with E-state index in [4.69, 9.17) is 4.42 Å². The van der Waals surface area contributed by atoms with Crippen LogP contribution in [0.3, 0.4) is 0 Å². The van der Waals surface area contributed by atoms with Crippen molar-refractivity contribution in [1.29, 1.82) is 0 Å². The van der Waals surface area contributed by atoms with Crippen molar-refractivity contribution in [2.75, 3.05) is 26.2 Å². The Kier molecular flexibility index (Phi) is 7.61. The van der Waals surface area contributed by atoms with Gasteiger partial charge in [-0.15, -0.1) is 0 Å². The molecule has 1 heterocycles. The first-order valence-corrected chi connectivity index (χ1v) is 10.6. The molecule has 0 saturated heterocycles. The SMILES string of the molecule is CCNC(=NCC(C)(O)c1ccco1)NCCNS(=O)(=O)c1ccc(C)cc1. The lowest BCUT2D eigenvalue weighted by Crippen LogP contribution is -2.42. The first-order valence-electron chi connectivity index (χ1n) is 9.09. The van der Waals surface area contributed by atoms with Crippen LogP contribution in [0.4, 0.5) is 0 Å². The van der Waals surface area contributed by atoms with Crippen LogP contribution >= 0.6 is 0 Å². The topological polar surface area (TPSA) is 116 Å². The number of sulfonamides is 1. The van der Waals surface area contributed by atoms with Gasteiger partial charge in [-0.3, -0.25) is 0 Å². The molecule has 2 aromatic rings. The number of benzene rings is 1. The summed E-state index contributed by atoms with van der Waals surface area (Å²) in [6, 6.07) is 10.1. The largest absolute Gasteiger partial charge is 0.466 e. The number of rotatable bonds is 9. The quantitative estimate of drug-likeness (QED) is 0.283. The van der Waals surface area contributed by atoms with Crippen LogP contribution < -0.4 is 15.4 Å². The Morgan fingerprint density at radius 3 is 2.50 bits per heavy atom. The standard InChI is InChI=1S/C19H28N4O4S/c1-4-20-18(22-14-19(3,24)17-6-5-13-27-17)21-11-12-23-28(25,26)16-9-7-15(2)8-10-16/h5-10,13,23-24H,4,11-12,14H2,1-3H3,(H2,20,21,22). The molecule has 154 valence electrons. The Labute approximate surface area is 166 Å². The highest BCUT2D eigenvalue weighted by molar-refractivity contribution is 7.89. The maximum atomic E-state index is 12.3. The highest BCUT2D eigenvalue weighted by Crippen LogP contribution is 2.20. The fourth-order valence-electron chi connectivity index (χ4n) is 2.40. The number of guanidine groups is 1. The highest BCUT2D eigenvalue weighted by atomic mass is 32.2. The number of nitrogens with one attached hydrogen (secondary N) is 3. The van der Waals surface area contributed by atoms with Gasteiger partial charge in [0.1, 0.15) is 11.4 Å². The first kappa shape index (κ1) is 21.9. The van der Waals surface area contributed by atoms with E-state index in [0.717, 1.165) is 5.56 Å². The van der Waals surface area contributed by atoms with E-state index in [1.54, 1.807) is 43.3 Å². The summed E-state index contributed by atoms with van der Waals surface area (Å²) in [5.74, 6) is 0.904. The molecule has 8 nitrogen and oxygen atoms in total. The molecule has 0 bridgehead atoms. The van der Waals surface area contributed by atoms with Crippen molar-refractivity contribution < 1.29 is 17.9 Å². The molecule has 0 fully saturated rings. The van der Waals surface area contributed by atoms with Gasteiger partial charge in [0.15, 0.2) is 5.96 Å². The van der Waals surface area contributed by atoms with Gasteiger partial charge in [-0.05, 0) is 45.0 Å². The van der Waals surface area contributed by atoms with Gasteiger partial charge in [0.05, 0.1) is 17.7 Å². The summed E-state index contributed by atoms with van der Waals surface area (Å²) >= 11 is 0. The second-order valence-electron chi connectivity index (χ2n) is 6.58. The molecule has 0 aliphatic carbocycles. The molecule has 0 radical (unpaired) electrons.